The highest BCUT2D eigenvalue weighted by molar-refractivity contribution is 5.87. The van der Waals surface area contributed by atoms with E-state index in [0.717, 1.165) is 74.0 Å². The maximum absolute atomic E-state index is 12.9. The monoisotopic (exact) mass is 378 g/mol. The van der Waals surface area contributed by atoms with E-state index in [0.29, 0.717) is 6.54 Å². The fraction of sp³-hybridized carbons (Fsp3) is 0.524. The molecule has 1 unspecified atom stereocenters. The van der Waals surface area contributed by atoms with Gasteiger partial charge in [-0.25, -0.2) is 9.97 Å². The van der Waals surface area contributed by atoms with Gasteiger partial charge in [0.05, 0.1) is 17.0 Å². The van der Waals surface area contributed by atoms with Crippen molar-refractivity contribution in [3.8, 4) is 6.07 Å². The van der Waals surface area contributed by atoms with E-state index >= 15 is 0 Å². The lowest BCUT2D eigenvalue weighted by molar-refractivity contribution is -0.137. The zero-order valence-electron chi connectivity index (χ0n) is 16.2. The second-order valence-electron chi connectivity index (χ2n) is 7.96. The van der Waals surface area contributed by atoms with Crippen molar-refractivity contribution in [3.05, 3.63) is 30.7 Å². The van der Waals surface area contributed by atoms with Crippen LogP contribution in [0.3, 0.4) is 0 Å². The Morgan fingerprint density at radius 1 is 1.32 bits per heavy atom. The van der Waals surface area contributed by atoms with Gasteiger partial charge in [-0.3, -0.25) is 4.79 Å². The third kappa shape index (κ3) is 3.35. The maximum atomic E-state index is 12.9. The summed E-state index contributed by atoms with van der Waals surface area (Å²) in [5.41, 5.74) is 1.63. The quantitative estimate of drug-likeness (QED) is 0.811. The number of nitrogens with one attached hydrogen (secondary N) is 1. The summed E-state index contributed by atoms with van der Waals surface area (Å²) in [6, 6.07) is 4.05. The molecule has 1 spiro atoms. The highest BCUT2D eigenvalue weighted by Crippen LogP contribution is 2.38. The van der Waals surface area contributed by atoms with Gasteiger partial charge in [0.25, 0.3) is 0 Å². The number of likely N-dealkylation sites (tertiary alicyclic amines) is 1. The number of hydrogen-bond donors (Lipinski definition) is 1. The summed E-state index contributed by atoms with van der Waals surface area (Å²) >= 11 is 0. The molecule has 0 bridgehead atoms. The van der Waals surface area contributed by atoms with Gasteiger partial charge in [0.1, 0.15) is 24.2 Å². The van der Waals surface area contributed by atoms with E-state index in [-0.39, 0.29) is 17.9 Å². The molecule has 7 nitrogen and oxygen atoms in total. The minimum Gasteiger partial charge on any atom is -0.354 e. The molecule has 146 valence electrons. The molecule has 0 radical (unpaired) electrons. The van der Waals surface area contributed by atoms with Crippen LogP contribution in [0, 0.1) is 11.3 Å². The topological polar surface area (TPSA) is 88.9 Å². The highest BCUT2D eigenvalue weighted by atomic mass is 16.2. The summed E-state index contributed by atoms with van der Waals surface area (Å²) in [5.74, 6) is 0.834. The van der Waals surface area contributed by atoms with E-state index in [9.17, 15) is 4.79 Å². The summed E-state index contributed by atoms with van der Waals surface area (Å²) in [6.07, 6.45) is 9.40. The Bertz CT molecular complexity index is 928. The third-order valence-corrected chi connectivity index (χ3v) is 6.10. The Labute approximate surface area is 165 Å². The number of aromatic amines is 1. The van der Waals surface area contributed by atoms with E-state index in [4.69, 9.17) is 5.26 Å². The smallest absolute Gasteiger partial charge is 0.237 e. The Morgan fingerprint density at radius 2 is 2.18 bits per heavy atom. The Kier molecular flexibility index (Phi) is 5.03. The van der Waals surface area contributed by atoms with Gasteiger partial charge in [-0.2, -0.15) is 5.26 Å². The second kappa shape index (κ2) is 7.63. The van der Waals surface area contributed by atoms with Crippen LogP contribution in [0.1, 0.15) is 44.9 Å². The van der Waals surface area contributed by atoms with Crippen LogP contribution in [-0.2, 0) is 4.79 Å². The molecule has 1 N–H and O–H groups in total. The van der Waals surface area contributed by atoms with Gasteiger partial charge in [-0.05, 0) is 38.2 Å². The number of carbonyl (C=O) groups is 1. The predicted molar refractivity (Wildman–Crippen MR) is 108 cm³/mol. The average Bonchev–Trinajstić information content (AvgIpc) is 3.17. The van der Waals surface area contributed by atoms with Crippen LogP contribution in [0.25, 0.3) is 11.0 Å². The summed E-state index contributed by atoms with van der Waals surface area (Å²) < 4.78 is 0. The minimum absolute atomic E-state index is 0.0788. The molecule has 2 aliphatic heterocycles. The van der Waals surface area contributed by atoms with Crippen LogP contribution in [0.15, 0.2) is 30.7 Å². The molecule has 2 aromatic heterocycles. The maximum Gasteiger partial charge on any atom is 0.237 e. The fourth-order valence-corrected chi connectivity index (χ4v) is 4.78. The molecule has 4 heterocycles. The summed E-state index contributed by atoms with van der Waals surface area (Å²) in [5, 5.41) is 10.1. The van der Waals surface area contributed by atoms with Gasteiger partial charge in [-0.15, -0.1) is 0 Å². The largest absolute Gasteiger partial charge is 0.354 e. The molecule has 2 fully saturated rings. The van der Waals surface area contributed by atoms with Gasteiger partial charge in [-0.1, -0.05) is 18.6 Å². The lowest BCUT2D eigenvalue weighted by atomic mass is 9.80. The SMILES string of the molecule is C=C1CCCCC2(CCCN(c3ncnc4[nH]ccc34)C2)N(C(=O)CC#N)C1. The highest BCUT2D eigenvalue weighted by Gasteiger charge is 2.43. The number of rotatable bonds is 2. The number of H-pyrrole nitrogens is 1. The molecule has 2 aromatic rings. The summed E-state index contributed by atoms with van der Waals surface area (Å²) in [4.78, 5) is 29.2. The van der Waals surface area contributed by atoms with Crippen LogP contribution in [-0.4, -0.2) is 50.9 Å². The number of carbonyl (C=O) groups excluding carboxylic acids is 1. The van der Waals surface area contributed by atoms with Crippen molar-refractivity contribution in [2.75, 3.05) is 24.5 Å². The molecule has 0 aliphatic carbocycles. The number of amides is 1. The van der Waals surface area contributed by atoms with Crippen LogP contribution >= 0.6 is 0 Å². The number of hydrogen-bond acceptors (Lipinski definition) is 5. The molecular formula is C21H26N6O. The van der Waals surface area contributed by atoms with E-state index < -0.39 is 0 Å². The van der Waals surface area contributed by atoms with Crippen LogP contribution < -0.4 is 4.90 Å². The zero-order valence-corrected chi connectivity index (χ0v) is 16.2. The minimum atomic E-state index is -0.275. The molecule has 1 atom stereocenters. The van der Waals surface area contributed by atoms with Crippen molar-refractivity contribution in [2.24, 2.45) is 0 Å². The van der Waals surface area contributed by atoms with E-state index in [2.05, 4.69) is 26.4 Å². The standard InChI is InChI=1S/C21H26N6O/c1-16-5-2-3-8-21(27(13-16)18(28)6-10-22)9-4-12-26(14-21)20-17-7-11-23-19(17)24-15-25-20/h7,11,15H,1-6,8-9,12-14H2,(H,23,24,25). The first kappa shape index (κ1) is 18.5. The van der Waals surface area contributed by atoms with Crippen LogP contribution in [0.4, 0.5) is 5.82 Å². The van der Waals surface area contributed by atoms with Crippen molar-refractivity contribution < 1.29 is 4.79 Å². The first-order valence-corrected chi connectivity index (χ1v) is 10.00. The molecule has 28 heavy (non-hydrogen) atoms. The van der Waals surface area contributed by atoms with Crippen molar-refractivity contribution in [1.82, 2.24) is 19.9 Å². The number of nitriles is 1. The molecule has 0 saturated carbocycles. The van der Waals surface area contributed by atoms with Crippen molar-refractivity contribution >= 4 is 22.8 Å². The molecule has 0 aromatic carbocycles. The van der Waals surface area contributed by atoms with Gasteiger partial charge >= 0.3 is 0 Å². The van der Waals surface area contributed by atoms with E-state index in [1.54, 1.807) is 6.33 Å². The van der Waals surface area contributed by atoms with E-state index in [1.807, 2.05) is 23.2 Å². The summed E-state index contributed by atoms with van der Waals surface area (Å²) in [6.45, 7) is 6.37. The number of piperidine rings is 1. The Balaban J connectivity index is 1.70. The number of aromatic nitrogens is 3. The molecule has 4 rings (SSSR count). The van der Waals surface area contributed by atoms with Crippen molar-refractivity contribution in [1.29, 1.82) is 5.26 Å². The molecule has 7 heteroatoms. The second-order valence-corrected chi connectivity index (χ2v) is 7.96. The van der Waals surface area contributed by atoms with Crippen molar-refractivity contribution in [2.45, 2.75) is 50.5 Å². The summed E-state index contributed by atoms with van der Waals surface area (Å²) in [7, 11) is 0. The number of anilines is 1. The lowest BCUT2D eigenvalue weighted by Gasteiger charge is -2.51. The van der Waals surface area contributed by atoms with Gasteiger partial charge < -0.3 is 14.8 Å². The molecule has 2 saturated heterocycles. The Morgan fingerprint density at radius 3 is 3.04 bits per heavy atom. The predicted octanol–water partition coefficient (Wildman–Crippen LogP) is 3.17. The van der Waals surface area contributed by atoms with Crippen LogP contribution in [0.5, 0.6) is 0 Å². The molecule has 2 aliphatic rings. The first-order valence-electron chi connectivity index (χ1n) is 10.00. The number of fused-ring (bicyclic) bond motifs is 1. The Hall–Kier alpha value is -2.88. The average molecular weight is 378 g/mol. The van der Waals surface area contributed by atoms with Gasteiger partial charge in [0, 0.05) is 25.8 Å². The zero-order chi connectivity index (χ0) is 19.6. The van der Waals surface area contributed by atoms with E-state index in [1.165, 1.54) is 0 Å². The third-order valence-electron chi connectivity index (χ3n) is 6.10. The lowest BCUT2D eigenvalue weighted by Crippen LogP contribution is -2.61. The van der Waals surface area contributed by atoms with Crippen LogP contribution in [0.2, 0.25) is 0 Å². The van der Waals surface area contributed by atoms with Crippen molar-refractivity contribution in [3.63, 3.8) is 0 Å². The number of nitrogens with zero attached hydrogens (tertiary/aromatic N) is 5. The van der Waals surface area contributed by atoms with Gasteiger partial charge in [0.2, 0.25) is 5.91 Å². The fourth-order valence-electron chi connectivity index (χ4n) is 4.78. The molecular weight excluding hydrogens is 352 g/mol. The normalized spacial score (nSPS) is 23.5. The molecule has 1 amide bonds. The van der Waals surface area contributed by atoms with Gasteiger partial charge in [0.15, 0.2) is 0 Å². The first-order chi connectivity index (χ1) is 13.6.